The van der Waals surface area contributed by atoms with Gasteiger partial charge in [0.2, 0.25) is 0 Å². The van der Waals surface area contributed by atoms with E-state index < -0.39 is 0 Å². The number of benzene rings is 1. The number of hydrogen-bond donors (Lipinski definition) is 2. The van der Waals surface area contributed by atoms with Gasteiger partial charge in [-0.3, -0.25) is 0 Å². The van der Waals surface area contributed by atoms with Crippen molar-refractivity contribution in [2.45, 2.75) is 17.6 Å². The zero-order valence-electron chi connectivity index (χ0n) is 11.5. The van der Waals surface area contributed by atoms with E-state index in [9.17, 15) is 4.79 Å². The third-order valence-corrected chi connectivity index (χ3v) is 5.65. The second kappa shape index (κ2) is 6.45. The van der Waals surface area contributed by atoms with E-state index in [4.69, 9.17) is 18.0 Å². The molecular weight excluding hydrogens is 290 g/mol. The molecule has 2 rings (SSSR count). The molecule has 0 bridgehead atoms. The number of hydrogen-bond acceptors (Lipinski definition) is 3. The molecule has 0 unspecified atom stereocenters. The summed E-state index contributed by atoms with van der Waals surface area (Å²) < 4.78 is -0.154. The van der Waals surface area contributed by atoms with E-state index in [0.29, 0.717) is 18.1 Å². The van der Waals surface area contributed by atoms with Crippen LogP contribution in [-0.4, -0.2) is 40.0 Å². The molecule has 0 aliphatic carbocycles. The number of thiocarbonyl (C=S) groups is 1. The molecule has 4 nitrogen and oxygen atoms in total. The normalized spacial score (nSPS) is 17.6. The quantitative estimate of drug-likeness (QED) is 0.843. The molecule has 0 spiro atoms. The predicted octanol–water partition coefficient (Wildman–Crippen LogP) is 2.70. The summed E-state index contributed by atoms with van der Waals surface area (Å²) in [5.41, 5.74) is 6.66. The number of urea groups is 1. The number of thioether (sulfide) groups is 1. The van der Waals surface area contributed by atoms with Crippen LogP contribution >= 0.6 is 24.0 Å². The Bertz CT molecular complexity index is 484. The fraction of sp³-hybridized carbons (Fsp3) is 0.429. The smallest absolute Gasteiger partial charge is 0.321 e. The maximum absolute atomic E-state index is 12.2. The fourth-order valence-corrected chi connectivity index (χ4v) is 3.59. The van der Waals surface area contributed by atoms with Crippen molar-refractivity contribution >= 4 is 40.7 Å². The number of nitrogens with zero attached hydrogens (tertiary/aromatic N) is 1. The average Bonchev–Trinajstić information content (AvgIpc) is 2.48. The predicted molar refractivity (Wildman–Crippen MR) is 89.3 cm³/mol. The summed E-state index contributed by atoms with van der Waals surface area (Å²) in [7, 11) is 0. The van der Waals surface area contributed by atoms with Crippen LogP contribution < -0.4 is 11.1 Å². The number of piperidine rings is 1. The van der Waals surface area contributed by atoms with Gasteiger partial charge in [0.15, 0.2) is 0 Å². The number of carbonyl (C=O) groups is 1. The Kier molecular flexibility index (Phi) is 4.88. The van der Waals surface area contributed by atoms with Gasteiger partial charge in [-0.15, -0.1) is 0 Å². The van der Waals surface area contributed by atoms with E-state index in [1.165, 1.54) is 0 Å². The highest BCUT2D eigenvalue weighted by molar-refractivity contribution is 8.02. The van der Waals surface area contributed by atoms with Gasteiger partial charge in [-0.25, -0.2) is 4.79 Å². The molecule has 1 aliphatic heterocycles. The average molecular weight is 309 g/mol. The fourth-order valence-electron chi connectivity index (χ4n) is 2.35. The Labute approximate surface area is 129 Å². The zero-order valence-corrected chi connectivity index (χ0v) is 13.1. The summed E-state index contributed by atoms with van der Waals surface area (Å²) in [6, 6.07) is 9.42. The van der Waals surface area contributed by atoms with Gasteiger partial charge in [-0.1, -0.05) is 30.4 Å². The largest absolute Gasteiger partial charge is 0.392 e. The lowest BCUT2D eigenvalue weighted by Crippen LogP contribution is -2.51. The van der Waals surface area contributed by atoms with Gasteiger partial charge in [0.25, 0.3) is 0 Å². The maximum atomic E-state index is 12.2. The van der Waals surface area contributed by atoms with E-state index in [2.05, 4.69) is 5.32 Å². The van der Waals surface area contributed by atoms with Crippen molar-refractivity contribution in [2.24, 2.45) is 5.73 Å². The molecule has 1 fully saturated rings. The highest BCUT2D eigenvalue weighted by Gasteiger charge is 2.37. The molecule has 1 saturated heterocycles. The highest BCUT2D eigenvalue weighted by atomic mass is 32.2. The molecule has 0 radical (unpaired) electrons. The van der Waals surface area contributed by atoms with Crippen molar-refractivity contribution in [3.05, 3.63) is 30.3 Å². The molecular formula is C14H19N3OS2. The molecule has 108 valence electrons. The molecule has 3 N–H and O–H groups in total. The van der Waals surface area contributed by atoms with Crippen LogP contribution in [0.3, 0.4) is 0 Å². The van der Waals surface area contributed by atoms with Crippen LogP contribution in [0.15, 0.2) is 30.3 Å². The van der Waals surface area contributed by atoms with Gasteiger partial charge in [0, 0.05) is 18.8 Å². The third-order valence-electron chi connectivity index (χ3n) is 3.72. The number of likely N-dealkylation sites (tertiary alicyclic amines) is 1. The Morgan fingerprint density at radius 1 is 1.35 bits per heavy atom. The molecule has 0 aromatic heterocycles. The van der Waals surface area contributed by atoms with Gasteiger partial charge < -0.3 is 16.0 Å². The number of nitrogens with two attached hydrogens (primary N) is 1. The molecule has 6 heteroatoms. The van der Waals surface area contributed by atoms with Crippen LogP contribution in [0.2, 0.25) is 0 Å². The van der Waals surface area contributed by atoms with Crippen LogP contribution in [0.25, 0.3) is 0 Å². The van der Waals surface area contributed by atoms with E-state index in [0.717, 1.165) is 18.5 Å². The van der Waals surface area contributed by atoms with E-state index in [-0.39, 0.29) is 10.8 Å². The van der Waals surface area contributed by atoms with Crippen molar-refractivity contribution in [3.63, 3.8) is 0 Å². The minimum absolute atomic E-state index is 0.0613. The highest BCUT2D eigenvalue weighted by Crippen LogP contribution is 2.35. The van der Waals surface area contributed by atoms with Gasteiger partial charge in [-0.05, 0) is 31.2 Å². The van der Waals surface area contributed by atoms with Gasteiger partial charge in [0.05, 0.1) is 9.74 Å². The maximum Gasteiger partial charge on any atom is 0.321 e. The lowest BCUT2D eigenvalue weighted by atomic mass is 9.96. The first kappa shape index (κ1) is 15.1. The first-order valence-electron chi connectivity index (χ1n) is 6.53. The monoisotopic (exact) mass is 309 g/mol. The summed E-state index contributed by atoms with van der Waals surface area (Å²) in [6.07, 6.45) is 3.65. The number of carbonyl (C=O) groups excluding carboxylic acids is 1. The van der Waals surface area contributed by atoms with E-state index >= 15 is 0 Å². The second-order valence-electron chi connectivity index (χ2n) is 4.85. The van der Waals surface area contributed by atoms with Crippen LogP contribution in [0.5, 0.6) is 0 Å². The molecule has 1 aliphatic rings. The molecule has 1 aromatic carbocycles. The van der Waals surface area contributed by atoms with E-state index in [1.54, 1.807) is 11.8 Å². The van der Waals surface area contributed by atoms with Crippen molar-refractivity contribution < 1.29 is 4.79 Å². The summed E-state index contributed by atoms with van der Waals surface area (Å²) in [5, 5.41) is 2.90. The summed E-state index contributed by atoms with van der Waals surface area (Å²) >= 11 is 6.87. The molecule has 20 heavy (non-hydrogen) atoms. The van der Waals surface area contributed by atoms with Crippen LogP contribution in [0.4, 0.5) is 10.5 Å². The van der Waals surface area contributed by atoms with Crippen LogP contribution in [0, 0.1) is 0 Å². The first-order chi connectivity index (χ1) is 9.57. The van der Waals surface area contributed by atoms with Crippen LogP contribution in [-0.2, 0) is 0 Å². The van der Waals surface area contributed by atoms with Crippen molar-refractivity contribution in [2.75, 3.05) is 24.7 Å². The summed E-state index contributed by atoms with van der Waals surface area (Å²) in [4.78, 5) is 14.5. The Hall–Kier alpha value is -1.27. The number of anilines is 1. The second-order valence-corrected chi connectivity index (χ2v) is 6.48. The van der Waals surface area contributed by atoms with Crippen molar-refractivity contribution in [1.29, 1.82) is 0 Å². The number of para-hydroxylation sites is 1. The number of rotatable bonds is 3. The Morgan fingerprint density at radius 2 is 1.95 bits per heavy atom. The number of nitrogens with one attached hydrogen (secondary N) is 1. The van der Waals surface area contributed by atoms with Crippen molar-refractivity contribution in [3.8, 4) is 0 Å². The minimum Gasteiger partial charge on any atom is -0.392 e. The lowest BCUT2D eigenvalue weighted by Gasteiger charge is -2.39. The summed E-state index contributed by atoms with van der Waals surface area (Å²) in [6.45, 7) is 1.35. The molecule has 1 aromatic rings. The van der Waals surface area contributed by atoms with Crippen molar-refractivity contribution in [1.82, 2.24) is 4.90 Å². The SMILES string of the molecule is CSC1(C(N)=S)CCN(C(=O)Nc2ccccc2)CC1. The lowest BCUT2D eigenvalue weighted by molar-refractivity contribution is 0.197. The number of amides is 2. The zero-order chi connectivity index (χ0) is 14.6. The van der Waals surface area contributed by atoms with E-state index in [1.807, 2.05) is 41.5 Å². The molecule has 1 heterocycles. The van der Waals surface area contributed by atoms with Crippen LogP contribution in [0.1, 0.15) is 12.8 Å². The Morgan fingerprint density at radius 3 is 2.45 bits per heavy atom. The Balaban J connectivity index is 1.94. The third kappa shape index (κ3) is 3.24. The molecule has 0 atom stereocenters. The first-order valence-corrected chi connectivity index (χ1v) is 8.17. The topological polar surface area (TPSA) is 58.4 Å². The molecule has 0 saturated carbocycles. The minimum atomic E-state index is -0.154. The standard InChI is InChI=1S/C14H19N3OS2/c1-20-14(12(15)19)7-9-17(10-8-14)13(18)16-11-5-3-2-4-6-11/h2-6H,7-10H2,1H3,(H2,15,19)(H,16,18). The summed E-state index contributed by atoms with van der Waals surface area (Å²) in [5.74, 6) is 0. The molecule has 2 amide bonds. The van der Waals surface area contributed by atoms with Gasteiger partial charge in [0.1, 0.15) is 0 Å². The van der Waals surface area contributed by atoms with Gasteiger partial charge >= 0.3 is 6.03 Å². The van der Waals surface area contributed by atoms with Gasteiger partial charge in [-0.2, -0.15) is 11.8 Å².